The van der Waals surface area contributed by atoms with Crippen LogP contribution in [0.4, 0.5) is 5.00 Å². The van der Waals surface area contributed by atoms with Crippen molar-refractivity contribution in [3.05, 3.63) is 27.1 Å². The van der Waals surface area contributed by atoms with Crippen LogP contribution in [0.3, 0.4) is 0 Å². The van der Waals surface area contributed by atoms with E-state index in [9.17, 15) is 10.1 Å². The summed E-state index contributed by atoms with van der Waals surface area (Å²) < 4.78 is 0. The molecule has 1 aromatic heterocycles. The summed E-state index contributed by atoms with van der Waals surface area (Å²) in [6.07, 6.45) is 1.19. The minimum atomic E-state index is -0.338. The van der Waals surface area contributed by atoms with Gasteiger partial charge in [-0.05, 0) is 17.9 Å². The minimum Gasteiger partial charge on any atom is -0.309 e. The molecule has 0 bridgehead atoms. The van der Waals surface area contributed by atoms with Crippen molar-refractivity contribution in [2.24, 2.45) is 5.41 Å². The first-order valence-electron chi connectivity index (χ1n) is 4.95. The maximum Gasteiger partial charge on any atom is 0.324 e. The molecule has 1 saturated carbocycles. The Kier molecular flexibility index (Phi) is 2.52. The summed E-state index contributed by atoms with van der Waals surface area (Å²) in [5.74, 6) is 0. The molecule has 82 valence electrons. The summed E-state index contributed by atoms with van der Waals surface area (Å²) in [7, 11) is 0. The molecule has 1 fully saturated rings. The smallest absolute Gasteiger partial charge is 0.309 e. The molecule has 4 nitrogen and oxygen atoms in total. The van der Waals surface area contributed by atoms with Crippen molar-refractivity contribution in [1.82, 2.24) is 5.32 Å². The number of nitrogens with one attached hydrogen (secondary N) is 1. The Hall–Kier alpha value is -0.940. The third-order valence-corrected chi connectivity index (χ3v) is 3.90. The standard InChI is InChI=1S/C10H14N2O2S/c1-10(2)5-8(10)11-6-7-3-4-9(15-7)12(13)14/h3-4,8,11H,5-6H2,1-2H3. The zero-order valence-corrected chi connectivity index (χ0v) is 9.63. The Morgan fingerprint density at radius 2 is 2.33 bits per heavy atom. The Morgan fingerprint density at radius 1 is 1.67 bits per heavy atom. The maximum atomic E-state index is 10.5. The topological polar surface area (TPSA) is 55.2 Å². The van der Waals surface area contributed by atoms with Gasteiger partial charge in [0.2, 0.25) is 0 Å². The first-order chi connectivity index (χ1) is 6.99. The molecule has 2 rings (SSSR count). The van der Waals surface area contributed by atoms with Crippen LogP contribution in [0.2, 0.25) is 0 Å². The van der Waals surface area contributed by atoms with E-state index in [1.165, 1.54) is 17.8 Å². The van der Waals surface area contributed by atoms with Crippen LogP contribution in [-0.2, 0) is 6.54 Å². The lowest BCUT2D eigenvalue weighted by Crippen LogP contribution is -2.19. The molecule has 0 aliphatic heterocycles. The van der Waals surface area contributed by atoms with Crippen LogP contribution >= 0.6 is 11.3 Å². The van der Waals surface area contributed by atoms with Crippen LogP contribution in [0.1, 0.15) is 25.1 Å². The fourth-order valence-electron chi connectivity index (χ4n) is 1.60. The second-order valence-electron chi connectivity index (χ2n) is 4.62. The van der Waals surface area contributed by atoms with E-state index in [4.69, 9.17) is 0 Å². The third-order valence-electron chi connectivity index (χ3n) is 2.86. The average molecular weight is 226 g/mol. The molecule has 0 radical (unpaired) electrons. The van der Waals surface area contributed by atoms with E-state index in [1.807, 2.05) is 6.07 Å². The van der Waals surface area contributed by atoms with Gasteiger partial charge in [0.1, 0.15) is 0 Å². The number of rotatable bonds is 4. The van der Waals surface area contributed by atoms with Gasteiger partial charge < -0.3 is 5.32 Å². The van der Waals surface area contributed by atoms with Gasteiger partial charge in [-0.25, -0.2) is 0 Å². The number of hydrogen-bond acceptors (Lipinski definition) is 4. The zero-order valence-electron chi connectivity index (χ0n) is 8.82. The highest BCUT2D eigenvalue weighted by Crippen LogP contribution is 2.44. The van der Waals surface area contributed by atoms with Crippen LogP contribution in [0.25, 0.3) is 0 Å². The number of nitrogens with zero attached hydrogens (tertiary/aromatic N) is 1. The van der Waals surface area contributed by atoms with E-state index in [2.05, 4.69) is 19.2 Å². The third kappa shape index (κ3) is 2.35. The Morgan fingerprint density at radius 3 is 2.80 bits per heavy atom. The minimum absolute atomic E-state index is 0.224. The van der Waals surface area contributed by atoms with Gasteiger partial charge in [0, 0.05) is 23.5 Å². The largest absolute Gasteiger partial charge is 0.324 e. The molecule has 0 saturated heterocycles. The predicted molar refractivity (Wildman–Crippen MR) is 60.0 cm³/mol. The molecule has 1 N–H and O–H groups in total. The molecular formula is C10H14N2O2S. The Labute approximate surface area is 92.5 Å². The summed E-state index contributed by atoms with van der Waals surface area (Å²) >= 11 is 1.25. The summed E-state index contributed by atoms with van der Waals surface area (Å²) in [5, 5.41) is 14.1. The van der Waals surface area contributed by atoms with Crippen LogP contribution < -0.4 is 5.32 Å². The van der Waals surface area contributed by atoms with E-state index in [1.54, 1.807) is 6.07 Å². The molecular weight excluding hydrogens is 212 g/mol. The average Bonchev–Trinajstić information content (AvgIpc) is 2.63. The van der Waals surface area contributed by atoms with Gasteiger partial charge in [0.15, 0.2) is 0 Å². The van der Waals surface area contributed by atoms with E-state index in [0.717, 1.165) is 11.4 Å². The molecule has 1 aliphatic carbocycles. The molecule has 1 aromatic rings. The van der Waals surface area contributed by atoms with Gasteiger partial charge in [-0.1, -0.05) is 25.2 Å². The maximum absolute atomic E-state index is 10.5. The Bertz CT molecular complexity index is 387. The van der Waals surface area contributed by atoms with Crippen LogP contribution in [0, 0.1) is 15.5 Å². The first kappa shape index (κ1) is 10.6. The van der Waals surface area contributed by atoms with Gasteiger partial charge in [-0.3, -0.25) is 10.1 Å². The molecule has 1 unspecified atom stereocenters. The second-order valence-corrected chi connectivity index (χ2v) is 5.77. The molecule has 1 aliphatic rings. The van der Waals surface area contributed by atoms with Gasteiger partial charge in [-0.15, -0.1) is 0 Å². The lowest BCUT2D eigenvalue weighted by atomic mass is 10.2. The summed E-state index contributed by atoms with van der Waals surface area (Å²) in [4.78, 5) is 11.2. The van der Waals surface area contributed by atoms with E-state index in [0.29, 0.717) is 11.5 Å². The molecule has 0 amide bonds. The lowest BCUT2D eigenvalue weighted by molar-refractivity contribution is -0.380. The monoisotopic (exact) mass is 226 g/mol. The normalized spacial score (nSPS) is 22.7. The summed E-state index contributed by atoms with van der Waals surface area (Å²) in [6, 6.07) is 3.96. The van der Waals surface area contributed by atoms with Gasteiger partial charge in [0.05, 0.1) is 4.92 Å². The van der Waals surface area contributed by atoms with E-state index < -0.39 is 0 Å². The molecule has 15 heavy (non-hydrogen) atoms. The molecule has 1 atom stereocenters. The van der Waals surface area contributed by atoms with Crippen molar-refractivity contribution in [3.8, 4) is 0 Å². The molecule has 0 spiro atoms. The van der Waals surface area contributed by atoms with Crippen molar-refractivity contribution in [3.63, 3.8) is 0 Å². The van der Waals surface area contributed by atoms with Crippen LogP contribution in [0.15, 0.2) is 12.1 Å². The Balaban J connectivity index is 1.86. The fourth-order valence-corrected chi connectivity index (χ4v) is 2.37. The lowest BCUT2D eigenvalue weighted by Gasteiger charge is -2.03. The van der Waals surface area contributed by atoms with Gasteiger partial charge >= 0.3 is 5.00 Å². The number of hydrogen-bond donors (Lipinski definition) is 1. The van der Waals surface area contributed by atoms with Gasteiger partial charge in [-0.2, -0.15) is 0 Å². The molecule has 1 heterocycles. The fraction of sp³-hybridized carbons (Fsp3) is 0.600. The quantitative estimate of drug-likeness (QED) is 0.634. The highest BCUT2D eigenvalue weighted by atomic mass is 32.1. The van der Waals surface area contributed by atoms with Crippen LogP contribution in [-0.4, -0.2) is 11.0 Å². The molecule has 0 aromatic carbocycles. The van der Waals surface area contributed by atoms with E-state index in [-0.39, 0.29) is 9.92 Å². The molecule has 5 heteroatoms. The van der Waals surface area contributed by atoms with E-state index >= 15 is 0 Å². The zero-order chi connectivity index (χ0) is 11.1. The number of thiophene rings is 1. The van der Waals surface area contributed by atoms with Crippen molar-refractivity contribution in [2.45, 2.75) is 32.9 Å². The summed E-state index contributed by atoms with van der Waals surface area (Å²) in [5.41, 5.74) is 0.406. The van der Waals surface area contributed by atoms with Crippen LogP contribution in [0.5, 0.6) is 0 Å². The second kappa shape index (κ2) is 3.57. The predicted octanol–water partition coefficient (Wildman–Crippen LogP) is 2.54. The van der Waals surface area contributed by atoms with Crippen molar-refractivity contribution < 1.29 is 4.92 Å². The SMILES string of the molecule is CC1(C)CC1NCc1ccc([N+](=O)[O-])s1. The summed E-state index contributed by atoms with van der Waals surface area (Å²) in [6.45, 7) is 5.19. The highest BCUT2D eigenvalue weighted by molar-refractivity contribution is 7.15. The van der Waals surface area contributed by atoms with Gasteiger partial charge in [0.25, 0.3) is 0 Å². The first-order valence-corrected chi connectivity index (χ1v) is 5.77. The van der Waals surface area contributed by atoms with Crippen molar-refractivity contribution in [1.29, 1.82) is 0 Å². The highest BCUT2D eigenvalue weighted by Gasteiger charge is 2.45. The number of nitro groups is 1. The van der Waals surface area contributed by atoms with Crippen molar-refractivity contribution in [2.75, 3.05) is 0 Å². The van der Waals surface area contributed by atoms with Crippen molar-refractivity contribution >= 4 is 16.3 Å².